The molecule has 1 amide bonds. The quantitative estimate of drug-likeness (QED) is 0.0884. The van der Waals surface area contributed by atoms with Gasteiger partial charge in [0, 0.05) is 24.7 Å². The molecule has 0 spiro atoms. The molecule has 0 unspecified atom stereocenters. The molecule has 0 atom stereocenters. The van der Waals surface area contributed by atoms with Crippen LogP contribution in [0.25, 0.3) is 0 Å². The third-order valence-corrected chi connectivity index (χ3v) is 5.98. The Morgan fingerprint density at radius 2 is 1.48 bits per heavy atom. The molecule has 12 nitrogen and oxygen atoms in total. The molecule has 1 fully saturated rings. The number of rotatable bonds is 13. The second kappa shape index (κ2) is 15.1. The number of nitro groups is 1. The summed E-state index contributed by atoms with van der Waals surface area (Å²) in [6, 6.07) is 12.9. The molecule has 1 saturated heterocycles. The van der Waals surface area contributed by atoms with Crippen LogP contribution in [0.5, 0.6) is 11.5 Å². The predicted octanol–water partition coefficient (Wildman–Crippen LogP) is 4.06. The van der Waals surface area contributed by atoms with Crippen molar-refractivity contribution in [1.29, 1.82) is 0 Å². The molecule has 0 bridgehead atoms. The Balaban J connectivity index is 1.29. The van der Waals surface area contributed by atoms with Crippen LogP contribution in [0, 0.1) is 16.0 Å². The highest BCUT2D eigenvalue weighted by molar-refractivity contribution is 5.86. The number of likely N-dealkylation sites (tertiary alicyclic amines) is 1. The Morgan fingerprint density at radius 1 is 0.900 bits per heavy atom. The van der Waals surface area contributed by atoms with Crippen molar-refractivity contribution < 1.29 is 43.0 Å². The zero-order valence-electron chi connectivity index (χ0n) is 22.2. The van der Waals surface area contributed by atoms with Gasteiger partial charge in [-0.05, 0) is 50.1 Å². The van der Waals surface area contributed by atoms with Gasteiger partial charge in [0.05, 0.1) is 16.4 Å². The van der Waals surface area contributed by atoms with Crippen LogP contribution < -0.4 is 9.47 Å². The molecule has 0 aliphatic carbocycles. The van der Waals surface area contributed by atoms with E-state index in [1.54, 1.807) is 43.3 Å². The lowest BCUT2D eigenvalue weighted by molar-refractivity contribution is -0.385. The number of amides is 1. The van der Waals surface area contributed by atoms with Gasteiger partial charge in [-0.3, -0.25) is 14.9 Å². The first-order chi connectivity index (χ1) is 19.2. The number of para-hydroxylation sites is 1. The normalized spacial score (nSPS) is 13.2. The summed E-state index contributed by atoms with van der Waals surface area (Å²) in [5, 5.41) is 11.1. The molecule has 1 aliphatic rings. The number of carbonyl (C=O) groups is 3. The molecule has 0 radical (unpaired) electrons. The first kappa shape index (κ1) is 29.9. The summed E-state index contributed by atoms with van der Waals surface area (Å²) < 4.78 is 26.6. The van der Waals surface area contributed by atoms with Gasteiger partial charge in [0.25, 0.3) is 5.69 Å². The minimum absolute atomic E-state index is 0.0727. The average Bonchev–Trinajstić information content (AvgIpc) is 2.96. The average molecular weight is 557 g/mol. The zero-order valence-corrected chi connectivity index (χ0v) is 22.2. The van der Waals surface area contributed by atoms with Crippen LogP contribution in [0.4, 0.5) is 10.5 Å². The molecule has 0 saturated carbocycles. The monoisotopic (exact) mass is 556 g/mol. The molecule has 40 heavy (non-hydrogen) atoms. The molecular formula is C28H32N2O10. The first-order valence-corrected chi connectivity index (χ1v) is 12.7. The highest BCUT2D eigenvalue weighted by Crippen LogP contribution is 2.22. The topological polar surface area (TPSA) is 144 Å². The van der Waals surface area contributed by atoms with E-state index in [4.69, 9.17) is 23.7 Å². The van der Waals surface area contributed by atoms with Crippen LogP contribution in [0.3, 0.4) is 0 Å². The third kappa shape index (κ3) is 9.29. The summed E-state index contributed by atoms with van der Waals surface area (Å²) in [7, 11) is 0. The van der Waals surface area contributed by atoms with Gasteiger partial charge in [0.15, 0.2) is 0 Å². The van der Waals surface area contributed by atoms with Crippen LogP contribution in [0.1, 0.15) is 25.3 Å². The molecule has 0 aromatic heterocycles. The first-order valence-electron chi connectivity index (χ1n) is 12.7. The lowest BCUT2D eigenvalue weighted by Crippen LogP contribution is -2.41. The summed E-state index contributed by atoms with van der Waals surface area (Å²) in [6.45, 7) is 6.05. The van der Waals surface area contributed by atoms with E-state index in [0.29, 0.717) is 48.6 Å². The molecule has 0 N–H and O–H groups in total. The number of hydrogen-bond donors (Lipinski definition) is 0. The van der Waals surface area contributed by atoms with Crippen molar-refractivity contribution in [3.05, 3.63) is 76.4 Å². The van der Waals surface area contributed by atoms with Crippen molar-refractivity contribution >= 4 is 23.7 Å². The van der Waals surface area contributed by atoms with Crippen LogP contribution in [-0.4, -0.2) is 67.4 Å². The minimum Gasteiger partial charge on any atom is -0.490 e. The number of esters is 2. The summed E-state index contributed by atoms with van der Waals surface area (Å²) in [5.41, 5.74) is 0.527. The largest absolute Gasteiger partial charge is 0.490 e. The van der Waals surface area contributed by atoms with Gasteiger partial charge in [-0.25, -0.2) is 9.59 Å². The number of nitrogens with zero attached hydrogens (tertiary/aromatic N) is 2. The van der Waals surface area contributed by atoms with E-state index < -0.39 is 17.0 Å². The fraction of sp³-hybridized carbons (Fsp3) is 0.393. The van der Waals surface area contributed by atoms with E-state index in [9.17, 15) is 24.5 Å². The fourth-order valence-electron chi connectivity index (χ4n) is 3.81. The van der Waals surface area contributed by atoms with Crippen molar-refractivity contribution in [3.8, 4) is 11.5 Å². The Bertz CT molecular complexity index is 1190. The van der Waals surface area contributed by atoms with Gasteiger partial charge in [0.2, 0.25) is 0 Å². The van der Waals surface area contributed by atoms with Crippen molar-refractivity contribution in [2.45, 2.75) is 26.4 Å². The van der Waals surface area contributed by atoms with E-state index in [1.165, 1.54) is 17.0 Å². The molecule has 2 aromatic rings. The van der Waals surface area contributed by atoms with Gasteiger partial charge in [0.1, 0.15) is 44.5 Å². The Hall–Kier alpha value is -4.61. The summed E-state index contributed by atoms with van der Waals surface area (Å²) in [5.74, 6) is -0.00105. The van der Waals surface area contributed by atoms with Crippen molar-refractivity contribution in [2.24, 2.45) is 5.92 Å². The minimum atomic E-state index is -0.582. The summed E-state index contributed by atoms with van der Waals surface area (Å²) >= 11 is 0. The second-order valence-corrected chi connectivity index (χ2v) is 8.95. The number of ether oxygens (including phenoxy) is 5. The Kier molecular flexibility index (Phi) is 11.3. The molecule has 1 aliphatic heterocycles. The molecule has 3 rings (SSSR count). The fourth-order valence-corrected chi connectivity index (χ4v) is 3.81. The Morgan fingerprint density at radius 3 is 2.05 bits per heavy atom. The highest BCUT2D eigenvalue weighted by atomic mass is 16.6. The second-order valence-electron chi connectivity index (χ2n) is 8.95. The van der Waals surface area contributed by atoms with Gasteiger partial charge >= 0.3 is 18.0 Å². The van der Waals surface area contributed by atoms with Crippen LogP contribution >= 0.6 is 0 Å². The maximum absolute atomic E-state index is 12.4. The van der Waals surface area contributed by atoms with Crippen molar-refractivity contribution in [1.82, 2.24) is 4.90 Å². The predicted molar refractivity (Wildman–Crippen MR) is 142 cm³/mol. The number of hydrogen-bond acceptors (Lipinski definition) is 10. The smallest absolute Gasteiger partial charge is 0.410 e. The molecule has 12 heteroatoms. The SMILES string of the molecule is C=C(C)C(=O)OCCOc1ccc(OCCOC(=O)C2CCN(C(=O)OCc3ccccc3[N+](=O)[O-])CC2)cc1. The van der Waals surface area contributed by atoms with Crippen LogP contribution in [-0.2, 0) is 30.4 Å². The number of piperidine rings is 1. The standard InChI is InChI=1S/C28H32N2O10/c1-20(2)26(31)38-17-15-36-23-7-9-24(10-8-23)37-16-18-39-27(32)21-11-13-29(14-12-21)28(33)40-19-22-5-3-4-6-25(22)30(34)35/h3-10,21H,1,11-19H2,2H3. The van der Waals surface area contributed by atoms with Gasteiger partial charge < -0.3 is 28.6 Å². The maximum atomic E-state index is 12.4. The van der Waals surface area contributed by atoms with Gasteiger partial charge in [-0.2, -0.15) is 0 Å². The van der Waals surface area contributed by atoms with Crippen molar-refractivity contribution in [2.75, 3.05) is 39.5 Å². The lowest BCUT2D eigenvalue weighted by Gasteiger charge is -2.30. The van der Waals surface area contributed by atoms with Gasteiger partial charge in [-0.15, -0.1) is 0 Å². The number of nitro benzene ring substituents is 1. The van der Waals surface area contributed by atoms with Gasteiger partial charge in [-0.1, -0.05) is 18.7 Å². The summed E-state index contributed by atoms with van der Waals surface area (Å²) in [6.07, 6.45) is 0.267. The number of benzene rings is 2. The number of carbonyl (C=O) groups excluding carboxylic acids is 3. The zero-order chi connectivity index (χ0) is 28.9. The van der Waals surface area contributed by atoms with E-state index in [-0.39, 0.29) is 50.6 Å². The Labute approximate surface area is 231 Å². The highest BCUT2D eigenvalue weighted by Gasteiger charge is 2.29. The van der Waals surface area contributed by atoms with Crippen LogP contribution in [0.15, 0.2) is 60.7 Å². The lowest BCUT2D eigenvalue weighted by atomic mass is 9.97. The summed E-state index contributed by atoms with van der Waals surface area (Å²) in [4.78, 5) is 48.2. The van der Waals surface area contributed by atoms with E-state index in [1.807, 2.05) is 0 Å². The van der Waals surface area contributed by atoms with E-state index >= 15 is 0 Å². The van der Waals surface area contributed by atoms with E-state index in [2.05, 4.69) is 6.58 Å². The third-order valence-electron chi connectivity index (χ3n) is 5.98. The molecule has 2 aromatic carbocycles. The maximum Gasteiger partial charge on any atom is 0.410 e. The van der Waals surface area contributed by atoms with Crippen molar-refractivity contribution in [3.63, 3.8) is 0 Å². The molecular weight excluding hydrogens is 524 g/mol. The molecule has 214 valence electrons. The van der Waals surface area contributed by atoms with E-state index in [0.717, 1.165) is 0 Å². The van der Waals surface area contributed by atoms with Crippen LogP contribution in [0.2, 0.25) is 0 Å². The molecule has 1 heterocycles.